The van der Waals surface area contributed by atoms with E-state index in [9.17, 15) is 9.18 Å². The molecule has 1 atom stereocenters. The molecule has 0 amide bonds. The Morgan fingerprint density at radius 2 is 2.00 bits per heavy atom. The lowest BCUT2D eigenvalue weighted by molar-refractivity contribution is 0.0697. The van der Waals surface area contributed by atoms with Crippen LogP contribution < -0.4 is 11.1 Å². The van der Waals surface area contributed by atoms with Crippen LogP contribution in [-0.2, 0) is 0 Å². The predicted octanol–water partition coefficient (Wildman–Crippen LogP) is 3.59. The van der Waals surface area contributed by atoms with Gasteiger partial charge in [0.2, 0.25) is 0 Å². The van der Waals surface area contributed by atoms with Crippen molar-refractivity contribution >= 4 is 17.3 Å². The molecule has 2 rings (SSSR count). The minimum Gasteiger partial charge on any atom is -0.478 e. The zero-order valence-corrected chi connectivity index (χ0v) is 11.9. The molecule has 0 aliphatic rings. The van der Waals surface area contributed by atoms with Crippen LogP contribution in [-0.4, -0.2) is 11.1 Å². The normalized spacial score (nSPS) is 12.0. The lowest BCUT2D eigenvalue weighted by Gasteiger charge is -2.18. The second kappa shape index (κ2) is 5.83. The Bertz CT molecular complexity index is 686. The third-order valence-corrected chi connectivity index (χ3v) is 3.37. The number of nitrogens with two attached hydrogens (primary N) is 1. The van der Waals surface area contributed by atoms with Gasteiger partial charge in [-0.3, -0.25) is 0 Å². The van der Waals surface area contributed by atoms with Gasteiger partial charge in [-0.05, 0) is 49.2 Å². The molecule has 21 heavy (non-hydrogen) atoms. The number of hydrogen-bond donors (Lipinski definition) is 3. The molecular weight excluding hydrogens is 271 g/mol. The number of rotatable bonds is 4. The monoisotopic (exact) mass is 288 g/mol. The van der Waals surface area contributed by atoms with Crippen molar-refractivity contribution in [2.75, 3.05) is 11.1 Å². The standard InChI is InChI=1S/C16H17FN2O2/c1-9-3-4-11(7-13(9)17)10(2)19-15-6-5-12(16(20)21)8-14(15)18/h3-8,10,19H,18H2,1-2H3,(H,20,21). The maximum atomic E-state index is 13.6. The molecule has 0 saturated heterocycles. The van der Waals surface area contributed by atoms with Gasteiger partial charge in [-0.25, -0.2) is 9.18 Å². The fourth-order valence-corrected chi connectivity index (χ4v) is 2.02. The molecule has 0 aliphatic carbocycles. The van der Waals surface area contributed by atoms with Crippen molar-refractivity contribution in [3.05, 3.63) is 58.9 Å². The number of hydrogen-bond acceptors (Lipinski definition) is 3. The van der Waals surface area contributed by atoms with Gasteiger partial charge in [-0.1, -0.05) is 12.1 Å². The molecule has 0 aliphatic heterocycles. The summed E-state index contributed by atoms with van der Waals surface area (Å²) in [6.45, 7) is 3.59. The molecule has 1 unspecified atom stereocenters. The number of carboxylic acid groups (broad SMARTS) is 1. The van der Waals surface area contributed by atoms with Crippen molar-refractivity contribution in [3.63, 3.8) is 0 Å². The Labute approximate surface area is 122 Å². The van der Waals surface area contributed by atoms with Crippen molar-refractivity contribution in [1.82, 2.24) is 0 Å². The highest BCUT2D eigenvalue weighted by molar-refractivity contribution is 5.90. The van der Waals surface area contributed by atoms with Gasteiger partial charge in [0.05, 0.1) is 16.9 Å². The van der Waals surface area contributed by atoms with E-state index < -0.39 is 5.97 Å². The van der Waals surface area contributed by atoms with Crippen LogP contribution in [0.25, 0.3) is 0 Å². The first-order valence-corrected chi connectivity index (χ1v) is 6.54. The Hall–Kier alpha value is -2.56. The summed E-state index contributed by atoms with van der Waals surface area (Å²) in [5.41, 5.74) is 8.32. The van der Waals surface area contributed by atoms with Crippen molar-refractivity contribution in [2.24, 2.45) is 0 Å². The number of aryl methyl sites for hydroxylation is 1. The zero-order valence-electron chi connectivity index (χ0n) is 11.9. The third-order valence-electron chi connectivity index (χ3n) is 3.37. The molecule has 0 saturated carbocycles. The number of nitrogens with one attached hydrogen (secondary N) is 1. The second-order valence-corrected chi connectivity index (χ2v) is 4.98. The van der Waals surface area contributed by atoms with Gasteiger partial charge in [0.15, 0.2) is 0 Å². The predicted molar refractivity (Wildman–Crippen MR) is 81.0 cm³/mol. The molecule has 0 heterocycles. The molecule has 0 bridgehead atoms. The van der Waals surface area contributed by atoms with E-state index in [-0.39, 0.29) is 17.4 Å². The van der Waals surface area contributed by atoms with Gasteiger partial charge in [0, 0.05) is 6.04 Å². The van der Waals surface area contributed by atoms with E-state index in [4.69, 9.17) is 10.8 Å². The molecule has 5 heteroatoms. The third kappa shape index (κ3) is 3.31. The molecular formula is C16H17FN2O2. The van der Waals surface area contributed by atoms with E-state index in [1.54, 1.807) is 19.1 Å². The topological polar surface area (TPSA) is 75.3 Å². The molecule has 2 aromatic rings. The van der Waals surface area contributed by atoms with Crippen LogP contribution in [0.2, 0.25) is 0 Å². The van der Waals surface area contributed by atoms with Gasteiger partial charge < -0.3 is 16.2 Å². The summed E-state index contributed by atoms with van der Waals surface area (Å²) in [4.78, 5) is 10.9. The number of aromatic carboxylic acids is 1. The van der Waals surface area contributed by atoms with Crippen molar-refractivity contribution in [1.29, 1.82) is 0 Å². The number of nitrogen functional groups attached to an aromatic ring is 1. The molecule has 0 spiro atoms. The largest absolute Gasteiger partial charge is 0.478 e. The van der Waals surface area contributed by atoms with Crippen molar-refractivity contribution in [2.45, 2.75) is 19.9 Å². The van der Waals surface area contributed by atoms with Gasteiger partial charge in [-0.2, -0.15) is 0 Å². The van der Waals surface area contributed by atoms with E-state index >= 15 is 0 Å². The summed E-state index contributed by atoms with van der Waals surface area (Å²) in [5.74, 6) is -1.28. The molecule has 4 N–H and O–H groups in total. The van der Waals surface area contributed by atoms with Crippen LogP contribution in [0.5, 0.6) is 0 Å². The Morgan fingerprint density at radius 1 is 1.29 bits per heavy atom. The quantitative estimate of drug-likeness (QED) is 0.752. The summed E-state index contributed by atoms with van der Waals surface area (Å²) in [6.07, 6.45) is 0. The lowest BCUT2D eigenvalue weighted by Crippen LogP contribution is -2.09. The van der Waals surface area contributed by atoms with Crippen LogP contribution in [0, 0.1) is 12.7 Å². The SMILES string of the molecule is Cc1ccc(C(C)Nc2ccc(C(=O)O)cc2N)cc1F. The van der Waals surface area contributed by atoms with Crippen molar-refractivity contribution in [3.8, 4) is 0 Å². The fourth-order valence-electron chi connectivity index (χ4n) is 2.02. The van der Waals surface area contributed by atoms with E-state index in [0.29, 0.717) is 16.9 Å². The highest BCUT2D eigenvalue weighted by Crippen LogP contribution is 2.26. The highest BCUT2D eigenvalue weighted by Gasteiger charge is 2.11. The van der Waals surface area contributed by atoms with E-state index in [1.165, 1.54) is 18.2 Å². The second-order valence-electron chi connectivity index (χ2n) is 4.98. The zero-order chi connectivity index (χ0) is 15.6. The number of carboxylic acids is 1. The molecule has 0 fully saturated rings. The van der Waals surface area contributed by atoms with Gasteiger partial charge in [0.1, 0.15) is 5.82 Å². The van der Waals surface area contributed by atoms with Crippen LogP contribution in [0.1, 0.15) is 34.5 Å². The van der Waals surface area contributed by atoms with Crippen LogP contribution in [0.3, 0.4) is 0 Å². The first-order valence-electron chi connectivity index (χ1n) is 6.54. The summed E-state index contributed by atoms with van der Waals surface area (Å²) in [5, 5.41) is 12.1. The van der Waals surface area contributed by atoms with E-state index in [0.717, 1.165) is 5.56 Å². The van der Waals surface area contributed by atoms with Crippen LogP contribution in [0.4, 0.5) is 15.8 Å². The van der Waals surface area contributed by atoms with Gasteiger partial charge in [0.25, 0.3) is 0 Å². The molecule has 110 valence electrons. The number of halogens is 1. The lowest BCUT2D eigenvalue weighted by atomic mass is 10.1. The van der Waals surface area contributed by atoms with Gasteiger partial charge in [-0.15, -0.1) is 0 Å². The average molecular weight is 288 g/mol. The fraction of sp³-hybridized carbons (Fsp3) is 0.188. The maximum Gasteiger partial charge on any atom is 0.335 e. The molecule has 2 aromatic carbocycles. The van der Waals surface area contributed by atoms with E-state index in [1.807, 2.05) is 13.0 Å². The minimum atomic E-state index is -1.03. The summed E-state index contributed by atoms with van der Waals surface area (Å²) in [7, 11) is 0. The first-order chi connectivity index (χ1) is 9.88. The average Bonchev–Trinajstić information content (AvgIpc) is 2.43. The van der Waals surface area contributed by atoms with E-state index in [2.05, 4.69) is 5.32 Å². The Kier molecular flexibility index (Phi) is 4.12. The first kappa shape index (κ1) is 14.8. The molecule has 0 aromatic heterocycles. The van der Waals surface area contributed by atoms with Crippen LogP contribution >= 0.6 is 0 Å². The highest BCUT2D eigenvalue weighted by atomic mass is 19.1. The number of carbonyl (C=O) groups is 1. The molecule has 0 radical (unpaired) electrons. The summed E-state index contributed by atoms with van der Waals surface area (Å²) >= 11 is 0. The molecule has 4 nitrogen and oxygen atoms in total. The van der Waals surface area contributed by atoms with Gasteiger partial charge >= 0.3 is 5.97 Å². The summed E-state index contributed by atoms with van der Waals surface area (Å²) in [6, 6.07) is 9.38. The smallest absolute Gasteiger partial charge is 0.335 e. The Morgan fingerprint density at radius 3 is 2.57 bits per heavy atom. The minimum absolute atomic E-state index is 0.132. The Balaban J connectivity index is 2.21. The van der Waals surface area contributed by atoms with Crippen LogP contribution in [0.15, 0.2) is 36.4 Å². The van der Waals surface area contributed by atoms with Crippen molar-refractivity contribution < 1.29 is 14.3 Å². The number of anilines is 2. The maximum absolute atomic E-state index is 13.6. The summed E-state index contributed by atoms with van der Waals surface area (Å²) < 4.78 is 13.6. The number of benzene rings is 2.